The number of rotatable bonds is 34. The molecule has 0 aromatic carbocycles. The van der Waals surface area contributed by atoms with Crippen LogP contribution in [0.5, 0.6) is 0 Å². The van der Waals surface area contributed by atoms with E-state index in [0.717, 1.165) is 12.8 Å². The van der Waals surface area contributed by atoms with Crippen LogP contribution in [0.4, 0.5) is 0 Å². The number of hydrogen-bond donors (Lipinski definition) is 1. The minimum atomic E-state index is -1.84. The lowest BCUT2D eigenvalue weighted by Gasteiger charge is -2.05. The van der Waals surface area contributed by atoms with Crippen molar-refractivity contribution in [3.63, 3.8) is 0 Å². The molecule has 0 aliphatic carbocycles. The minimum absolute atomic E-state index is 1.01. The van der Waals surface area contributed by atoms with E-state index >= 15 is 0 Å². The average molecular weight is 583 g/mol. The van der Waals surface area contributed by atoms with Gasteiger partial charge < -0.3 is 13.9 Å². The normalized spacial score (nSPS) is 12.6. The van der Waals surface area contributed by atoms with Gasteiger partial charge in [0.25, 0.3) is 0 Å². The molecule has 0 saturated heterocycles. The van der Waals surface area contributed by atoms with Crippen molar-refractivity contribution in [3.05, 3.63) is 24.7 Å². The van der Waals surface area contributed by atoms with Crippen molar-refractivity contribution in [1.82, 2.24) is 0 Å². The van der Waals surface area contributed by atoms with Gasteiger partial charge in [0.1, 0.15) is 0 Å². The van der Waals surface area contributed by atoms with Crippen LogP contribution in [0.15, 0.2) is 24.7 Å². The van der Waals surface area contributed by atoms with E-state index < -0.39 is 8.60 Å². The summed E-state index contributed by atoms with van der Waals surface area (Å²) in [4.78, 5) is 9.82. The predicted octanol–water partition coefficient (Wildman–Crippen LogP) is 14.0. The zero-order valence-electron chi connectivity index (χ0n) is 27.2. The van der Waals surface area contributed by atoms with Crippen molar-refractivity contribution in [2.24, 2.45) is 0 Å². The summed E-state index contributed by atoms with van der Waals surface area (Å²) in [5.74, 6) is 0. The lowest BCUT2D eigenvalue weighted by atomic mass is 10.0. The Morgan fingerprint density at radius 2 is 0.600 bits per heavy atom. The molecular weight excluding hydrogens is 511 g/mol. The highest BCUT2D eigenvalue weighted by Gasteiger charge is 2.02. The van der Waals surface area contributed by atoms with Gasteiger partial charge in [-0.15, -0.1) is 0 Å². The van der Waals surface area contributed by atoms with Gasteiger partial charge in [-0.2, -0.15) is 0 Å². The fraction of sp³-hybridized carbons (Fsp3) is 0.889. The number of allylic oxidation sites excluding steroid dienone is 2. The van der Waals surface area contributed by atoms with Crippen LogP contribution in [0.3, 0.4) is 0 Å². The molecule has 1 N–H and O–H groups in total. The number of unbranched alkanes of at least 4 members (excludes halogenated alkanes) is 28. The van der Waals surface area contributed by atoms with E-state index in [1.165, 1.54) is 180 Å². The maximum absolute atomic E-state index is 9.82. The second-order valence-corrected chi connectivity index (χ2v) is 12.9. The van der Waals surface area contributed by atoms with Crippen LogP contribution in [0.25, 0.3) is 0 Å². The molecule has 40 heavy (non-hydrogen) atoms. The molecule has 0 atom stereocenters. The summed E-state index contributed by atoms with van der Waals surface area (Å²) in [6.07, 6.45) is 48.0. The standard InChI is InChI=1S/C36H71O3P/c1-3-5-7-9-11-13-15-17-19-21-23-25-27-29-31-33-35-38-40(37)39-36-34-32-30-28-26-24-22-20-18-16-14-12-10-8-6-4-2/h33-37H,3-32H2,1-2H3. The van der Waals surface area contributed by atoms with Crippen LogP contribution in [0, 0.1) is 0 Å². The van der Waals surface area contributed by atoms with Gasteiger partial charge in [0.15, 0.2) is 0 Å². The highest BCUT2D eigenvalue weighted by Crippen LogP contribution is 2.33. The SMILES string of the molecule is CCCCCCCCCCCCCCCCC=COP(O)OC=CCCCCCCCCCCCCCCCC. The Morgan fingerprint density at radius 1 is 0.375 bits per heavy atom. The van der Waals surface area contributed by atoms with Crippen LogP contribution in [-0.2, 0) is 9.05 Å². The Labute approximate surface area is 253 Å². The van der Waals surface area contributed by atoms with E-state index in [1.54, 1.807) is 12.5 Å². The molecule has 0 aromatic heterocycles. The molecule has 0 bridgehead atoms. The average Bonchev–Trinajstić information content (AvgIpc) is 2.96. The van der Waals surface area contributed by atoms with Crippen molar-refractivity contribution in [3.8, 4) is 0 Å². The molecule has 0 aromatic rings. The highest BCUT2D eigenvalue weighted by atomic mass is 31.2. The van der Waals surface area contributed by atoms with Gasteiger partial charge in [-0.05, 0) is 37.8 Å². The van der Waals surface area contributed by atoms with Gasteiger partial charge >= 0.3 is 8.60 Å². The number of hydrogen-bond acceptors (Lipinski definition) is 3. The van der Waals surface area contributed by atoms with Crippen molar-refractivity contribution in [2.45, 2.75) is 206 Å². The van der Waals surface area contributed by atoms with Gasteiger partial charge in [-0.3, -0.25) is 0 Å². The quantitative estimate of drug-likeness (QED) is 0.0466. The molecule has 0 heterocycles. The molecule has 0 spiro atoms. The molecule has 0 fully saturated rings. The summed E-state index contributed by atoms with van der Waals surface area (Å²) in [6.45, 7) is 4.57. The zero-order chi connectivity index (χ0) is 29.0. The van der Waals surface area contributed by atoms with Crippen molar-refractivity contribution in [1.29, 1.82) is 0 Å². The van der Waals surface area contributed by atoms with Gasteiger partial charge in [0.05, 0.1) is 12.5 Å². The van der Waals surface area contributed by atoms with E-state index in [2.05, 4.69) is 13.8 Å². The Kier molecular flexibility index (Phi) is 36.0. The van der Waals surface area contributed by atoms with Crippen LogP contribution < -0.4 is 0 Å². The molecule has 0 aliphatic heterocycles. The molecule has 0 saturated carbocycles. The van der Waals surface area contributed by atoms with E-state index in [4.69, 9.17) is 9.05 Å². The van der Waals surface area contributed by atoms with Gasteiger partial charge in [0, 0.05) is 0 Å². The Balaban J connectivity index is 3.27. The first-order chi connectivity index (χ1) is 19.8. The predicted molar refractivity (Wildman–Crippen MR) is 179 cm³/mol. The molecule has 238 valence electrons. The van der Waals surface area contributed by atoms with Crippen LogP contribution in [0.1, 0.15) is 206 Å². The third-order valence-electron chi connectivity index (χ3n) is 7.94. The monoisotopic (exact) mass is 583 g/mol. The fourth-order valence-corrected chi connectivity index (χ4v) is 5.69. The molecular formula is C36H71O3P. The molecule has 4 heteroatoms. The molecule has 0 amide bonds. The first-order valence-corrected chi connectivity index (χ1v) is 19.1. The van der Waals surface area contributed by atoms with Gasteiger partial charge in [0.2, 0.25) is 0 Å². The maximum atomic E-state index is 9.82. The zero-order valence-corrected chi connectivity index (χ0v) is 28.1. The topological polar surface area (TPSA) is 38.7 Å². The van der Waals surface area contributed by atoms with Crippen LogP contribution in [-0.4, -0.2) is 4.89 Å². The largest absolute Gasteiger partial charge is 0.458 e. The molecule has 3 nitrogen and oxygen atoms in total. The Hall–Kier alpha value is -0.530. The van der Waals surface area contributed by atoms with Crippen LogP contribution in [0.2, 0.25) is 0 Å². The fourth-order valence-electron chi connectivity index (χ4n) is 5.26. The molecule has 0 radical (unpaired) electrons. The minimum Gasteiger partial charge on any atom is -0.426 e. The third kappa shape index (κ3) is 35.5. The smallest absolute Gasteiger partial charge is 0.426 e. The summed E-state index contributed by atoms with van der Waals surface area (Å²) in [5.41, 5.74) is 0. The van der Waals surface area contributed by atoms with Crippen LogP contribution >= 0.6 is 8.60 Å². The second-order valence-electron chi connectivity index (χ2n) is 12.0. The van der Waals surface area contributed by atoms with Gasteiger partial charge in [-0.25, -0.2) is 0 Å². The molecule has 0 rings (SSSR count). The second kappa shape index (κ2) is 36.5. The Morgan fingerprint density at radius 3 is 0.850 bits per heavy atom. The maximum Gasteiger partial charge on any atom is 0.458 e. The summed E-state index contributed by atoms with van der Waals surface area (Å²) in [5, 5.41) is 0. The first-order valence-electron chi connectivity index (χ1n) is 17.9. The Bertz CT molecular complexity index is 464. The summed E-state index contributed by atoms with van der Waals surface area (Å²) in [7, 11) is -1.84. The first kappa shape index (κ1) is 39.5. The summed E-state index contributed by atoms with van der Waals surface area (Å²) < 4.78 is 10.5. The van der Waals surface area contributed by atoms with Crippen molar-refractivity contribution < 1.29 is 13.9 Å². The molecule has 0 unspecified atom stereocenters. The third-order valence-corrected chi connectivity index (χ3v) is 8.55. The van der Waals surface area contributed by atoms with E-state index in [-0.39, 0.29) is 0 Å². The highest BCUT2D eigenvalue weighted by molar-refractivity contribution is 7.40. The van der Waals surface area contributed by atoms with E-state index in [0.29, 0.717) is 0 Å². The summed E-state index contributed by atoms with van der Waals surface area (Å²) in [6, 6.07) is 0. The van der Waals surface area contributed by atoms with Gasteiger partial charge in [-0.1, -0.05) is 181 Å². The molecule has 0 aliphatic rings. The summed E-state index contributed by atoms with van der Waals surface area (Å²) >= 11 is 0. The lowest BCUT2D eigenvalue weighted by Crippen LogP contribution is -1.83. The van der Waals surface area contributed by atoms with E-state index in [9.17, 15) is 4.89 Å². The van der Waals surface area contributed by atoms with E-state index in [1.807, 2.05) is 12.2 Å². The van der Waals surface area contributed by atoms with Crippen molar-refractivity contribution in [2.75, 3.05) is 0 Å². The van der Waals surface area contributed by atoms with Crippen molar-refractivity contribution >= 4 is 8.60 Å². The lowest BCUT2D eigenvalue weighted by molar-refractivity contribution is 0.320.